The van der Waals surface area contributed by atoms with E-state index in [4.69, 9.17) is 11.6 Å². The Morgan fingerprint density at radius 1 is 0.944 bits per heavy atom. The van der Waals surface area contributed by atoms with Crippen molar-refractivity contribution in [3.63, 3.8) is 0 Å². The molecule has 1 saturated heterocycles. The molecule has 0 aliphatic carbocycles. The molecule has 36 heavy (non-hydrogen) atoms. The summed E-state index contributed by atoms with van der Waals surface area (Å²) in [7, 11) is -7.09. The predicted molar refractivity (Wildman–Crippen MR) is 141 cm³/mol. The van der Waals surface area contributed by atoms with Crippen molar-refractivity contribution in [1.29, 1.82) is 0 Å². The third-order valence-electron chi connectivity index (χ3n) is 5.85. The van der Waals surface area contributed by atoms with Gasteiger partial charge in [-0.3, -0.25) is 9.10 Å². The molecule has 1 aliphatic heterocycles. The lowest BCUT2D eigenvalue weighted by Gasteiger charge is -2.22. The number of amides is 1. The van der Waals surface area contributed by atoms with Gasteiger partial charge in [0.25, 0.3) is 5.91 Å². The zero-order valence-corrected chi connectivity index (χ0v) is 22.0. The second kappa shape index (κ2) is 10.6. The van der Waals surface area contributed by atoms with Gasteiger partial charge in [0.1, 0.15) is 0 Å². The number of benzene rings is 3. The van der Waals surface area contributed by atoms with Crippen LogP contribution >= 0.6 is 11.6 Å². The van der Waals surface area contributed by atoms with Crippen molar-refractivity contribution in [3.05, 3.63) is 88.9 Å². The molecule has 3 aromatic carbocycles. The van der Waals surface area contributed by atoms with Gasteiger partial charge in [-0.2, -0.15) is 4.31 Å². The molecule has 0 radical (unpaired) electrons. The topological polar surface area (TPSA) is 104 Å². The Hall–Kier alpha value is -2.92. The monoisotopic (exact) mass is 547 g/mol. The molecule has 1 aliphatic rings. The molecule has 1 N–H and O–H groups in total. The van der Waals surface area contributed by atoms with Crippen LogP contribution < -0.4 is 9.62 Å². The van der Waals surface area contributed by atoms with Gasteiger partial charge in [0.2, 0.25) is 20.0 Å². The van der Waals surface area contributed by atoms with Crippen LogP contribution in [0.5, 0.6) is 0 Å². The summed E-state index contributed by atoms with van der Waals surface area (Å²) in [4.78, 5) is 12.9. The lowest BCUT2D eigenvalue weighted by atomic mass is 10.1. The van der Waals surface area contributed by atoms with E-state index in [1.807, 2.05) is 0 Å². The Morgan fingerprint density at radius 3 is 2.17 bits per heavy atom. The summed E-state index contributed by atoms with van der Waals surface area (Å²) in [5, 5.41) is 3.18. The van der Waals surface area contributed by atoms with Crippen LogP contribution in [-0.2, 0) is 26.6 Å². The summed E-state index contributed by atoms with van der Waals surface area (Å²) in [5.41, 5.74) is 1.98. The molecule has 1 fully saturated rings. The second-order valence-corrected chi connectivity index (χ2v) is 12.8. The molecule has 1 heterocycles. The number of nitrogens with zero attached hydrogens (tertiary/aromatic N) is 2. The zero-order valence-electron chi connectivity index (χ0n) is 19.6. The maximum atomic E-state index is 12.7. The quantitative estimate of drug-likeness (QED) is 0.452. The lowest BCUT2D eigenvalue weighted by molar-refractivity contribution is 0.102. The maximum absolute atomic E-state index is 12.7. The van der Waals surface area contributed by atoms with E-state index in [-0.39, 0.29) is 17.3 Å². The first-order chi connectivity index (χ1) is 17.0. The Balaban J connectivity index is 1.43. The molecule has 11 heteroatoms. The molecule has 0 saturated carbocycles. The average molecular weight is 548 g/mol. The summed E-state index contributed by atoms with van der Waals surface area (Å²) in [6, 6.07) is 19.3. The van der Waals surface area contributed by atoms with Crippen molar-refractivity contribution in [2.75, 3.05) is 29.0 Å². The number of hydrogen-bond acceptors (Lipinski definition) is 5. The highest BCUT2D eigenvalue weighted by molar-refractivity contribution is 7.92. The van der Waals surface area contributed by atoms with Crippen LogP contribution in [0.2, 0.25) is 5.02 Å². The highest BCUT2D eigenvalue weighted by Gasteiger charge is 2.27. The van der Waals surface area contributed by atoms with E-state index in [1.165, 1.54) is 20.7 Å². The minimum Gasteiger partial charge on any atom is -0.322 e. The summed E-state index contributed by atoms with van der Waals surface area (Å²) in [5.74, 6) is -0.369. The highest BCUT2D eigenvalue weighted by Crippen LogP contribution is 2.25. The number of carbonyl (C=O) groups is 1. The van der Waals surface area contributed by atoms with E-state index in [1.54, 1.807) is 60.7 Å². The third-order valence-corrected chi connectivity index (χ3v) is 9.14. The molecular weight excluding hydrogens is 522 g/mol. The summed E-state index contributed by atoms with van der Waals surface area (Å²) in [6.07, 6.45) is 2.84. The van der Waals surface area contributed by atoms with E-state index in [0.29, 0.717) is 40.6 Å². The van der Waals surface area contributed by atoms with Gasteiger partial charge < -0.3 is 5.32 Å². The largest absolute Gasteiger partial charge is 0.322 e. The van der Waals surface area contributed by atoms with Crippen molar-refractivity contribution in [1.82, 2.24) is 4.31 Å². The average Bonchev–Trinajstić information content (AvgIpc) is 3.39. The number of sulfonamides is 2. The molecular formula is C25H26ClN3O5S2. The minimum absolute atomic E-state index is 0.0774. The number of hydrogen-bond donors (Lipinski definition) is 1. The Kier molecular flexibility index (Phi) is 7.70. The van der Waals surface area contributed by atoms with Gasteiger partial charge in [0.15, 0.2) is 0 Å². The number of anilines is 2. The molecule has 0 atom stereocenters. The van der Waals surface area contributed by atoms with Crippen molar-refractivity contribution in [2.45, 2.75) is 24.3 Å². The smallest absolute Gasteiger partial charge is 0.255 e. The molecule has 190 valence electrons. The Labute approximate surface area is 216 Å². The fraction of sp³-hybridized carbons (Fsp3) is 0.240. The van der Waals surface area contributed by atoms with E-state index in [9.17, 15) is 21.6 Å². The molecule has 4 rings (SSSR count). The molecule has 0 spiro atoms. The van der Waals surface area contributed by atoms with Gasteiger partial charge in [0, 0.05) is 29.4 Å². The third kappa shape index (κ3) is 6.07. The van der Waals surface area contributed by atoms with E-state index in [0.717, 1.165) is 19.1 Å². The molecule has 3 aromatic rings. The fourth-order valence-electron chi connectivity index (χ4n) is 3.95. The van der Waals surface area contributed by atoms with Gasteiger partial charge in [-0.1, -0.05) is 29.8 Å². The minimum atomic E-state index is -3.57. The lowest BCUT2D eigenvalue weighted by Crippen LogP contribution is -2.29. The summed E-state index contributed by atoms with van der Waals surface area (Å²) < 4.78 is 52.8. The van der Waals surface area contributed by atoms with Crippen LogP contribution in [0.4, 0.5) is 11.4 Å². The number of nitrogens with one attached hydrogen (secondary N) is 1. The van der Waals surface area contributed by atoms with Crippen LogP contribution in [-0.4, -0.2) is 46.4 Å². The zero-order chi connectivity index (χ0) is 25.9. The number of rotatable bonds is 8. The van der Waals surface area contributed by atoms with Crippen LogP contribution in [0.15, 0.2) is 77.7 Å². The van der Waals surface area contributed by atoms with Crippen molar-refractivity contribution < 1.29 is 21.6 Å². The summed E-state index contributed by atoms with van der Waals surface area (Å²) >= 11 is 6.03. The first-order valence-corrected chi connectivity index (χ1v) is 14.9. The molecule has 0 unspecified atom stereocenters. The summed E-state index contributed by atoms with van der Waals surface area (Å²) in [6.45, 7) is 1.13. The first kappa shape index (κ1) is 26.2. The van der Waals surface area contributed by atoms with Crippen LogP contribution in [0.3, 0.4) is 0 Å². The van der Waals surface area contributed by atoms with Crippen LogP contribution in [0, 0.1) is 0 Å². The number of halogens is 1. The van der Waals surface area contributed by atoms with Gasteiger partial charge in [-0.05, 0) is 73.0 Å². The molecule has 0 bridgehead atoms. The van der Waals surface area contributed by atoms with Crippen molar-refractivity contribution >= 4 is 48.9 Å². The maximum Gasteiger partial charge on any atom is 0.255 e. The molecule has 0 aromatic heterocycles. The highest BCUT2D eigenvalue weighted by atomic mass is 35.5. The Morgan fingerprint density at radius 2 is 1.58 bits per heavy atom. The predicted octanol–water partition coefficient (Wildman–Crippen LogP) is 4.34. The van der Waals surface area contributed by atoms with Crippen LogP contribution in [0.25, 0.3) is 0 Å². The van der Waals surface area contributed by atoms with Gasteiger partial charge in [-0.15, -0.1) is 0 Å². The molecule has 8 nitrogen and oxygen atoms in total. The Bertz CT molecular complexity index is 1450. The normalized spacial score (nSPS) is 14.5. The van der Waals surface area contributed by atoms with Crippen LogP contribution in [0.1, 0.15) is 28.8 Å². The van der Waals surface area contributed by atoms with Gasteiger partial charge >= 0.3 is 0 Å². The van der Waals surface area contributed by atoms with Gasteiger partial charge in [0.05, 0.1) is 23.4 Å². The van der Waals surface area contributed by atoms with E-state index >= 15 is 0 Å². The van der Waals surface area contributed by atoms with E-state index < -0.39 is 20.0 Å². The fourth-order valence-corrected chi connectivity index (χ4v) is 6.53. The van der Waals surface area contributed by atoms with Crippen molar-refractivity contribution in [2.24, 2.45) is 0 Å². The van der Waals surface area contributed by atoms with Gasteiger partial charge in [-0.25, -0.2) is 16.8 Å². The number of carbonyl (C=O) groups excluding carboxylic acids is 1. The van der Waals surface area contributed by atoms with Crippen molar-refractivity contribution in [3.8, 4) is 0 Å². The standard InChI is InChI=1S/C25H26ClN3O5S2/c1-35(31,32)29(23-6-4-5-21(26)17-23)18-19-7-9-20(10-8-19)25(30)27-22-11-13-24(14-12-22)36(33,34)28-15-2-3-16-28/h4-14,17H,2-3,15-16,18H2,1H3,(H,27,30). The molecule has 1 amide bonds. The second-order valence-electron chi connectivity index (χ2n) is 8.54. The SMILES string of the molecule is CS(=O)(=O)N(Cc1ccc(C(=O)Nc2ccc(S(=O)(=O)N3CCCC3)cc2)cc1)c1cccc(Cl)c1. The first-order valence-electron chi connectivity index (χ1n) is 11.3. The van der Waals surface area contributed by atoms with E-state index in [2.05, 4.69) is 5.32 Å².